The van der Waals surface area contributed by atoms with Crippen molar-refractivity contribution in [3.05, 3.63) is 41.9 Å². The van der Waals surface area contributed by atoms with Crippen LogP contribution in [0.2, 0.25) is 0 Å². The molecule has 2 aromatic rings. The number of rotatable bonds is 6. The first kappa shape index (κ1) is 14.6. The van der Waals surface area contributed by atoms with Crippen LogP contribution in [-0.2, 0) is 16.4 Å². The van der Waals surface area contributed by atoms with E-state index in [-0.39, 0.29) is 10.8 Å². The first-order chi connectivity index (χ1) is 9.43. The summed E-state index contributed by atoms with van der Waals surface area (Å²) in [5.74, 6) is -0.194. The SMILES string of the molecule is CCCCn1cccc1C(=O)c1ccc(S(C)(=O)=O)[nH]1. The summed E-state index contributed by atoms with van der Waals surface area (Å²) in [6.45, 7) is 2.87. The zero-order valence-corrected chi connectivity index (χ0v) is 12.4. The summed E-state index contributed by atoms with van der Waals surface area (Å²) in [4.78, 5) is 15.1. The molecule has 5 nitrogen and oxygen atoms in total. The molecule has 0 amide bonds. The van der Waals surface area contributed by atoms with Crippen molar-refractivity contribution in [2.24, 2.45) is 0 Å². The Morgan fingerprint density at radius 3 is 2.65 bits per heavy atom. The standard InChI is InChI=1S/C14H18N2O3S/c1-3-4-9-16-10-5-6-12(16)14(17)11-7-8-13(15-11)20(2,18)19/h5-8,10,15H,3-4,9H2,1-2H3. The molecule has 108 valence electrons. The van der Waals surface area contributed by atoms with Gasteiger partial charge in [0.1, 0.15) is 5.03 Å². The summed E-state index contributed by atoms with van der Waals surface area (Å²) in [5.41, 5.74) is 0.863. The van der Waals surface area contributed by atoms with E-state index in [2.05, 4.69) is 11.9 Å². The molecular formula is C14H18N2O3S. The minimum Gasteiger partial charge on any atom is -0.345 e. The predicted molar refractivity (Wildman–Crippen MR) is 76.7 cm³/mol. The minimum absolute atomic E-state index is 0.0625. The molecule has 0 bridgehead atoms. The molecule has 2 heterocycles. The Morgan fingerprint density at radius 2 is 2.05 bits per heavy atom. The van der Waals surface area contributed by atoms with Crippen LogP contribution in [0.4, 0.5) is 0 Å². The Bertz CT molecular complexity index is 710. The van der Waals surface area contributed by atoms with Gasteiger partial charge in [-0.2, -0.15) is 0 Å². The number of hydrogen-bond acceptors (Lipinski definition) is 3. The first-order valence-electron chi connectivity index (χ1n) is 6.52. The van der Waals surface area contributed by atoms with Gasteiger partial charge in [0.2, 0.25) is 5.78 Å². The molecule has 20 heavy (non-hydrogen) atoms. The molecule has 0 aliphatic rings. The molecular weight excluding hydrogens is 276 g/mol. The molecule has 0 unspecified atom stereocenters. The van der Waals surface area contributed by atoms with Gasteiger partial charge in [0.25, 0.3) is 0 Å². The van der Waals surface area contributed by atoms with Crippen LogP contribution in [0.25, 0.3) is 0 Å². The van der Waals surface area contributed by atoms with E-state index in [0.29, 0.717) is 11.4 Å². The average Bonchev–Trinajstić information content (AvgIpc) is 3.03. The summed E-state index contributed by atoms with van der Waals surface area (Å²) >= 11 is 0. The summed E-state index contributed by atoms with van der Waals surface area (Å²) in [6, 6.07) is 6.50. The monoisotopic (exact) mass is 294 g/mol. The fraction of sp³-hybridized carbons (Fsp3) is 0.357. The lowest BCUT2D eigenvalue weighted by Crippen LogP contribution is -2.10. The molecule has 0 radical (unpaired) electrons. The highest BCUT2D eigenvalue weighted by molar-refractivity contribution is 7.90. The van der Waals surface area contributed by atoms with E-state index in [1.54, 1.807) is 6.07 Å². The number of nitrogens with zero attached hydrogens (tertiary/aromatic N) is 1. The maximum atomic E-state index is 12.4. The van der Waals surface area contributed by atoms with Gasteiger partial charge in [0.15, 0.2) is 9.84 Å². The van der Waals surface area contributed by atoms with E-state index < -0.39 is 9.84 Å². The highest BCUT2D eigenvalue weighted by Gasteiger charge is 2.17. The first-order valence-corrected chi connectivity index (χ1v) is 8.41. The molecule has 0 aromatic carbocycles. The largest absolute Gasteiger partial charge is 0.345 e. The number of nitrogens with one attached hydrogen (secondary N) is 1. The van der Waals surface area contributed by atoms with Gasteiger partial charge < -0.3 is 9.55 Å². The highest BCUT2D eigenvalue weighted by atomic mass is 32.2. The molecule has 0 fully saturated rings. The van der Waals surface area contributed by atoms with Crippen LogP contribution in [-0.4, -0.2) is 30.0 Å². The Hall–Kier alpha value is -1.82. The van der Waals surface area contributed by atoms with Gasteiger partial charge in [-0.3, -0.25) is 4.79 Å². The van der Waals surface area contributed by atoms with Gasteiger partial charge in [-0.05, 0) is 30.7 Å². The number of carbonyl (C=O) groups excluding carboxylic acids is 1. The van der Waals surface area contributed by atoms with Gasteiger partial charge in [-0.25, -0.2) is 8.42 Å². The van der Waals surface area contributed by atoms with Crippen molar-refractivity contribution in [2.75, 3.05) is 6.26 Å². The lowest BCUT2D eigenvalue weighted by molar-refractivity contribution is 0.102. The Labute approximate surface area is 118 Å². The zero-order chi connectivity index (χ0) is 14.8. The number of hydrogen-bond donors (Lipinski definition) is 1. The second-order valence-electron chi connectivity index (χ2n) is 4.78. The van der Waals surface area contributed by atoms with Gasteiger partial charge in [-0.1, -0.05) is 13.3 Å². The van der Waals surface area contributed by atoms with Crippen molar-refractivity contribution in [2.45, 2.75) is 31.3 Å². The van der Waals surface area contributed by atoms with Crippen LogP contribution in [0.1, 0.15) is 35.9 Å². The van der Waals surface area contributed by atoms with Crippen molar-refractivity contribution in [1.82, 2.24) is 9.55 Å². The molecule has 0 saturated carbocycles. The fourth-order valence-electron chi connectivity index (χ4n) is 2.01. The quantitative estimate of drug-likeness (QED) is 0.831. The predicted octanol–water partition coefficient (Wildman–Crippen LogP) is 2.25. The Morgan fingerprint density at radius 1 is 1.30 bits per heavy atom. The third-order valence-corrected chi connectivity index (χ3v) is 4.16. The van der Waals surface area contributed by atoms with Crippen molar-refractivity contribution in [3.63, 3.8) is 0 Å². The van der Waals surface area contributed by atoms with E-state index in [1.807, 2.05) is 16.8 Å². The van der Waals surface area contributed by atoms with Crippen LogP contribution in [0, 0.1) is 0 Å². The van der Waals surface area contributed by atoms with Crippen molar-refractivity contribution in [1.29, 1.82) is 0 Å². The second kappa shape index (κ2) is 5.66. The Balaban J connectivity index is 2.28. The molecule has 0 aliphatic heterocycles. The second-order valence-corrected chi connectivity index (χ2v) is 6.76. The maximum Gasteiger partial charge on any atom is 0.225 e. The normalized spacial score (nSPS) is 11.7. The number of aromatic nitrogens is 2. The molecule has 2 aromatic heterocycles. The number of unbranched alkanes of at least 4 members (excludes halogenated alkanes) is 1. The highest BCUT2D eigenvalue weighted by Crippen LogP contribution is 2.14. The van der Waals surface area contributed by atoms with E-state index in [9.17, 15) is 13.2 Å². The van der Waals surface area contributed by atoms with Crippen LogP contribution in [0.3, 0.4) is 0 Å². The number of aryl methyl sites for hydroxylation is 1. The van der Waals surface area contributed by atoms with Crippen molar-refractivity contribution in [3.8, 4) is 0 Å². The summed E-state index contributed by atoms with van der Waals surface area (Å²) in [7, 11) is -3.32. The lowest BCUT2D eigenvalue weighted by atomic mass is 10.2. The molecule has 6 heteroatoms. The van der Waals surface area contributed by atoms with Gasteiger partial charge in [-0.15, -0.1) is 0 Å². The van der Waals surface area contributed by atoms with Crippen LogP contribution in [0.5, 0.6) is 0 Å². The summed E-state index contributed by atoms with van der Waals surface area (Å²) in [5, 5.41) is 0.0625. The van der Waals surface area contributed by atoms with Gasteiger partial charge in [0, 0.05) is 19.0 Å². The van der Waals surface area contributed by atoms with Crippen LogP contribution < -0.4 is 0 Å². The summed E-state index contributed by atoms with van der Waals surface area (Å²) in [6.07, 6.45) is 5.02. The van der Waals surface area contributed by atoms with E-state index in [1.165, 1.54) is 12.1 Å². The third kappa shape index (κ3) is 3.01. The van der Waals surface area contributed by atoms with E-state index in [0.717, 1.165) is 25.6 Å². The van der Waals surface area contributed by atoms with Crippen molar-refractivity contribution < 1.29 is 13.2 Å². The molecule has 2 rings (SSSR count). The molecule has 0 atom stereocenters. The number of H-pyrrole nitrogens is 1. The Kier molecular flexibility index (Phi) is 4.13. The van der Waals surface area contributed by atoms with Gasteiger partial charge in [0.05, 0.1) is 11.4 Å². The topological polar surface area (TPSA) is 71.9 Å². The third-order valence-electron chi connectivity index (χ3n) is 3.12. The van der Waals surface area contributed by atoms with Crippen molar-refractivity contribution >= 4 is 15.6 Å². The lowest BCUT2D eigenvalue weighted by Gasteiger charge is -2.06. The zero-order valence-electron chi connectivity index (χ0n) is 11.6. The molecule has 0 aliphatic carbocycles. The fourth-order valence-corrected chi connectivity index (χ4v) is 2.62. The summed E-state index contributed by atoms with van der Waals surface area (Å²) < 4.78 is 24.7. The maximum absolute atomic E-state index is 12.4. The van der Waals surface area contributed by atoms with Crippen LogP contribution in [0.15, 0.2) is 35.5 Å². The molecule has 0 saturated heterocycles. The number of aromatic amines is 1. The number of sulfone groups is 1. The minimum atomic E-state index is -3.32. The van der Waals surface area contributed by atoms with E-state index >= 15 is 0 Å². The van der Waals surface area contributed by atoms with Crippen LogP contribution >= 0.6 is 0 Å². The van der Waals surface area contributed by atoms with E-state index in [4.69, 9.17) is 0 Å². The van der Waals surface area contributed by atoms with Gasteiger partial charge >= 0.3 is 0 Å². The molecule has 0 spiro atoms. The number of ketones is 1. The molecule has 1 N–H and O–H groups in total. The number of carbonyl (C=O) groups is 1. The average molecular weight is 294 g/mol. The smallest absolute Gasteiger partial charge is 0.225 e.